The Bertz CT molecular complexity index is 1430. The van der Waals surface area contributed by atoms with Crippen LogP contribution in [-0.4, -0.2) is 117 Å². The third-order valence-electron chi connectivity index (χ3n) is 7.49. The van der Waals surface area contributed by atoms with E-state index in [2.05, 4.69) is 55.7 Å². The largest absolute Gasteiger partial charge is 0.400 e. The highest BCUT2D eigenvalue weighted by Crippen LogP contribution is 2.25. The lowest BCUT2D eigenvalue weighted by Crippen LogP contribution is -2.51. The Labute approximate surface area is 310 Å². The maximum Gasteiger partial charge on any atom is 0.251 e. The Morgan fingerprint density at radius 3 is 2.25 bits per heavy atom. The van der Waals surface area contributed by atoms with Gasteiger partial charge in [-0.3, -0.25) is 29.0 Å². The fraction of sp³-hybridized carbons (Fsp3) is 0.618. The Balaban J connectivity index is 0.00000256. The number of guanidine groups is 1. The number of aliphatic hydroxyl groups excluding tert-OH is 1. The topological polar surface area (TPSA) is 281 Å². The van der Waals surface area contributed by atoms with Crippen molar-refractivity contribution in [3.63, 3.8) is 0 Å². The number of aromatic nitrogens is 1. The van der Waals surface area contributed by atoms with Gasteiger partial charge in [-0.2, -0.15) is 0 Å². The molecular weight excluding hydrogens is 691 g/mol. The first-order chi connectivity index (χ1) is 25.0. The van der Waals surface area contributed by atoms with Gasteiger partial charge in [-0.25, -0.2) is 4.98 Å². The van der Waals surface area contributed by atoms with E-state index in [1.165, 1.54) is 6.42 Å². The van der Waals surface area contributed by atoms with Crippen LogP contribution in [0.5, 0.6) is 0 Å². The van der Waals surface area contributed by atoms with E-state index in [0.717, 1.165) is 44.4 Å². The second-order valence-electron chi connectivity index (χ2n) is 12.0. The number of benzene rings is 1. The average molecular weight is 750 g/mol. The summed E-state index contributed by atoms with van der Waals surface area (Å²) in [6.45, 7) is 6.26. The molecule has 1 aliphatic heterocycles. The van der Waals surface area contributed by atoms with Gasteiger partial charge in [0.15, 0.2) is 11.0 Å². The molecule has 4 amide bonds. The second-order valence-corrected chi connectivity index (χ2v) is 13.0. The number of fused-ring (bicyclic) bond motifs is 1. The molecule has 1 saturated heterocycles. The van der Waals surface area contributed by atoms with Crippen molar-refractivity contribution < 1.29 is 29.1 Å². The molecule has 18 heteroatoms. The summed E-state index contributed by atoms with van der Waals surface area (Å²) in [5, 5.41) is 24.1. The molecule has 13 N–H and O–H groups in total. The minimum Gasteiger partial charge on any atom is -0.400 e. The summed E-state index contributed by atoms with van der Waals surface area (Å²) < 4.78 is 0.658. The quantitative estimate of drug-likeness (QED) is 0.0376. The molecule has 1 aromatic heterocycles. The van der Waals surface area contributed by atoms with Crippen molar-refractivity contribution in [1.29, 1.82) is 0 Å². The number of thiazole rings is 1. The third kappa shape index (κ3) is 17.3. The van der Waals surface area contributed by atoms with Crippen molar-refractivity contribution in [3.05, 3.63) is 28.8 Å². The first kappa shape index (κ1) is 45.8. The number of likely N-dealkylation sites (N-methyl/N-ethyl adjacent to an activating group) is 1. The zero-order chi connectivity index (χ0) is 38.9. The second kappa shape index (κ2) is 26.5. The smallest absolute Gasteiger partial charge is 0.251 e. The van der Waals surface area contributed by atoms with Crippen molar-refractivity contribution >= 4 is 56.9 Å². The molecule has 292 valence electrons. The molecule has 1 aromatic carbocycles. The number of carbonyl (C=O) groups is 5. The highest BCUT2D eigenvalue weighted by Gasteiger charge is 2.27. The molecule has 0 spiro atoms. The standard InChI is InChI=1S/C30H47N11O5S.C3H8.CH4O/c1-34-16-24(42)40-22(5-2-3-11-31)28(46)37-17-25(43)39-21(6-4-12-36-30(32)33)26(44)29-41-20-8-7-18(15-23(20)47-29)27(45)38-19-9-13-35-14-10-19;1-3-2;1-2/h7-8,15,19,21-22,34-35H,2-6,9-14,16-17,31H2,1H3,(H,37,46)(H,38,45)(H,39,43)(H,40,42)(H4,32,33,36);3H2,1-2H3;2H,1H3. The molecule has 0 aliphatic carbocycles. The van der Waals surface area contributed by atoms with Crippen LogP contribution in [0.15, 0.2) is 23.2 Å². The fourth-order valence-electron chi connectivity index (χ4n) is 5.03. The zero-order valence-electron chi connectivity index (χ0n) is 30.9. The minimum atomic E-state index is -0.979. The van der Waals surface area contributed by atoms with Crippen LogP contribution in [0.4, 0.5) is 0 Å². The van der Waals surface area contributed by atoms with Crippen molar-refractivity contribution in [1.82, 2.24) is 36.9 Å². The van der Waals surface area contributed by atoms with E-state index in [1.807, 2.05) is 0 Å². The maximum atomic E-state index is 13.6. The fourth-order valence-corrected chi connectivity index (χ4v) is 6.03. The van der Waals surface area contributed by atoms with E-state index < -0.39 is 36.2 Å². The van der Waals surface area contributed by atoms with Crippen LogP contribution in [0.1, 0.15) is 85.4 Å². The number of unbranched alkanes of at least 4 members (excludes halogenated alkanes) is 1. The summed E-state index contributed by atoms with van der Waals surface area (Å²) in [7, 11) is 2.61. The van der Waals surface area contributed by atoms with Crippen LogP contribution in [0.2, 0.25) is 0 Å². The number of piperidine rings is 1. The van der Waals surface area contributed by atoms with E-state index in [0.29, 0.717) is 48.0 Å². The van der Waals surface area contributed by atoms with Gasteiger partial charge in [-0.15, -0.1) is 11.3 Å². The van der Waals surface area contributed by atoms with Gasteiger partial charge in [-0.1, -0.05) is 20.3 Å². The lowest BCUT2D eigenvalue weighted by atomic mass is 10.1. The lowest BCUT2D eigenvalue weighted by Gasteiger charge is -2.23. The molecule has 1 fully saturated rings. The molecule has 0 radical (unpaired) electrons. The number of hydrogen-bond donors (Lipinski definition) is 10. The Kier molecular flexibility index (Phi) is 23.4. The zero-order valence-corrected chi connectivity index (χ0v) is 31.7. The third-order valence-corrected chi connectivity index (χ3v) is 8.52. The summed E-state index contributed by atoms with van der Waals surface area (Å²) in [6, 6.07) is 3.36. The number of nitrogens with one attached hydrogen (secondary N) is 6. The molecule has 0 saturated carbocycles. The van der Waals surface area contributed by atoms with Gasteiger partial charge in [0.1, 0.15) is 6.04 Å². The number of Topliss-reactive ketones (excluding diaryl/α,β-unsaturated/α-hetero) is 1. The summed E-state index contributed by atoms with van der Waals surface area (Å²) >= 11 is 1.13. The van der Waals surface area contributed by atoms with E-state index in [-0.39, 0.29) is 48.3 Å². The van der Waals surface area contributed by atoms with Crippen LogP contribution in [0.25, 0.3) is 10.2 Å². The molecule has 2 unspecified atom stereocenters. The number of aliphatic imine (C=N–C) groups is 1. The number of rotatable bonds is 19. The Morgan fingerprint density at radius 1 is 0.981 bits per heavy atom. The van der Waals surface area contributed by atoms with E-state index in [9.17, 15) is 24.0 Å². The lowest BCUT2D eigenvalue weighted by molar-refractivity contribution is -0.130. The van der Waals surface area contributed by atoms with Gasteiger partial charge in [0.25, 0.3) is 5.91 Å². The molecule has 1 aliphatic rings. The van der Waals surface area contributed by atoms with Crippen molar-refractivity contribution in [2.45, 2.75) is 83.3 Å². The summed E-state index contributed by atoms with van der Waals surface area (Å²) in [4.78, 5) is 72.9. The SMILES string of the molecule is CCC.CNCC(=O)NC(CCCCN)C(=O)NCC(=O)NC(CCCN=C(N)N)C(=O)c1nc2ccc(C(=O)NC3CCNCC3)cc2s1.CO. The summed E-state index contributed by atoms with van der Waals surface area (Å²) in [5.74, 6) is -2.18. The number of carbonyl (C=O) groups excluding carboxylic acids is 5. The number of aliphatic hydroxyl groups is 1. The molecular formula is C34H59N11O6S. The highest BCUT2D eigenvalue weighted by atomic mass is 32.1. The maximum absolute atomic E-state index is 13.6. The van der Waals surface area contributed by atoms with Crippen LogP contribution >= 0.6 is 11.3 Å². The van der Waals surface area contributed by atoms with Crippen LogP contribution < -0.4 is 49.1 Å². The van der Waals surface area contributed by atoms with Crippen LogP contribution in [0.3, 0.4) is 0 Å². The van der Waals surface area contributed by atoms with Crippen LogP contribution in [-0.2, 0) is 14.4 Å². The Hall–Kier alpha value is -4.23. The highest BCUT2D eigenvalue weighted by molar-refractivity contribution is 7.20. The molecule has 3 rings (SSSR count). The van der Waals surface area contributed by atoms with Gasteiger partial charge in [0.2, 0.25) is 23.5 Å². The number of hydrogen-bond acceptors (Lipinski definition) is 12. The molecule has 52 heavy (non-hydrogen) atoms. The van der Waals surface area contributed by atoms with Crippen molar-refractivity contribution in [3.8, 4) is 0 Å². The van der Waals surface area contributed by atoms with Gasteiger partial charge in [-0.05, 0) is 89.8 Å². The van der Waals surface area contributed by atoms with E-state index in [4.69, 9.17) is 22.3 Å². The minimum absolute atomic E-state index is 0.0312. The average Bonchev–Trinajstić information content (AvgIpc) is 3.56. The Morgan fingerprint density at radius 2 is 1.62 bits per heavy atom. The van der Waals surface area contributed by atoms with Crippen molar-refractivity contribution in [2.24, 2.45) is 22.2 Å². The van der Waals surface area contributed by atoms with Gasteiger partial charge in [0, 0.05) is 25.3 Å². The summed E-state index contributed by atoms with van der Waals surface area (Å²) in [5.41, 5.74) is 17.4. The first-order valence-corrected chi connectivity index (χ1v) is 18.5. The van der Waals surface area contributed by atoms with E-state index in [1.54, 1.807) is 25.2 Å². The first-order valence-electron chi connectivity index (χ1n) is 17.7. The number of nitrogens with zero attached hydrogens (tertiary/aromatic N) is 2. The monoisotopic (exact) mass is 749 g/mol. The predicted octanol–water partition coefficient (Wildman–Crippen LogP) is -0.527. The predicted molar refractivity (Wildman–Crippen MR) is 205 cm³/mol. The molecule has 2 aromatic rings. The number of nitrogens with two attached hydrogens (primary N) is 3. The van der Waals surface area contributed by atoms with Gasteiger partial charge < -0.3 is 54.2 Å². The molecule has 17 nitrogen and oxygen atoms in total. The van der Waals surface area contributed by atoms with Gasteiger partial charge >= 0.3 is 0 Å². The number of amides is 4. The molecule has 2 heterocycles. The normalized spacial score (nSPS) is 13.6. The molecule has 2 atom stereocenters. The van der Waals surface area contributed by atoms with Gasteiger partial charge in [0.05, 0.1) is 29.3 Å². The van der Waals surface area contributed by atoms with E-state index >= 15 is 0 Å². The molecule has 0 bridgehead atoms. The van der Waals surface area contributed by atoms with Crippen molar-refractivity contribution in [2.75, 3.05) is 53.4 Å². The summed E-state index contributed by atoms with van der Waals surface area (Å²) in [6.07, 6.45) is 5.19. The van der Waals surface area contributed by atoms with Crippen LogP contribution in [0, 0.1) is 0 Å². The number of ketones is 1.